The smallest absolute Gasteiger partial charge is 0.221 e. The van der Waals surface area contributed by atoms with E-state index in [2.05, 4.69) is 33.8 Å². The van der Waals surface area contributed by atoms with Crippen molar-refractivity contribution in [2.24, 2.45) is 12.0 Å². The number of aromatic nitrogens is 2. The van der Waals surface area contributed by atoms with Gasteiger partial charge >= 0.3 is 0 Å². The number of benzene rings is 1. The third-order valence-corrected chi connectivity index (χ3v) is 4.96. The molecule has 2 aromatic rings. The van der Waals surface area contributed by atoms with Gasteiger partial charge in [-0.3, -0.25) is 14.5 Å². The maximum Gasteiger partial charge on any atom is 0.221 e. The van der Waals surface area contributed by atoms with Crippen LogP contribution in [0.1, 0.15) is 37.3 Å². The van der Waals surface area contributed by atoms with Crippen LogP contribution in [0.25, 0.3) is 0 Å². The van der Waals surface area contributed by atoms with Crippen LogP contribution in [0.2, 0.25) is 0 Å². The number of nitrogens with zero attached hydrogens (tertiary/aromatic N) is 4. The molecule has 0 aliphatic carbocycles. The van der Waals surface area contributed by atoms with Crippen LogP contribution in [0.15, 0.2) is 41.7 Å². The zero-order chi connectivity index (χ0) is 19.9. The molecule has 7 nitrogen and oxygen atoms in total. The summed E-state index contributed by atoms with van der Waals surface area (Å²) in [7, 11) is 1.96. The van der Waals surface area contributed by atoms with Gasteiger partial charge in [0.15, 0.2) is 5.96 Å². The molecule has 1 atom stereocenters. The number of guanidine groups is 1. The van der Waals surface area contributed by atoms with Gasteiger partial charge in [0, 0.05) is 58.0 Å². The van der Waals surface area contributed by atoms with Crippen molar-refractivity contribution in [3.05, 3.63) is 47.8 Å². The minimum Gasteiger partial charge on any atom is -0.357 e. The third kappa shape index (κ3) is 5.34. The van der Waals surface area contributed by atoms with E-state index < -0.39 is 0 Å². The minimum atomic E-state index is -0.0529. The fourth-order valence-corrected chi connectivity index (χ4v) is 3.55. The summed E-state index contributed by atoms with van der Waals surface area (Å²) in [6.07, 6.45) is 6.08. The van der Waals surface area contributed by atoms with Gasteiger partial charge < -0.3 is 15.5 Å². The van der Waals surface area contributed by atoms with Crippen molar-refractivity contribution in [2.45, 2.75) is 32.6 Å². The Bertz CT molecular complexity index is 811. The first kappa shape index (κ1) is 19.9. The predicted molar refractivity (Wildman–Crippen MR) is 113 cm³/mol. The first-order valence-corrected chi connectivity index (χ1v) is 9.93. The summed E-state index contributed by atoms with van der Waals surface area (Å²) < 4.78 is 1.87. The number of nitrogens with one attached hydrogen (secondary N) is 2. The minimum absolute atomic E-state index is 0.0529. The monoisotopic (exact) mass is 382 g/mol. The molecule has 1 fully saturated rings. The van der Waals surface area contributed by atoms with Crippen LogP contribution in [0.4, 0.5) is 5.69 Å². The molecule has 1 aliphatic heterocycles. The van der Waals surface area contributed by atoms with Gasteiger partial charge in [0.2, 0.25) is 5.91 Å². The molecule has 0 bridgehead atoms. The molecular formula is C21H30N6O. The van der Waals surface area contributed by atoms with Crippen molar-refractivity contribution >= 4 is 17.6 Å². The third-order valence-electron chi connectivity index (χ3n) is 4.96. The SMILES string of the molecule is CCNC(=NCCc1ccc(NC(C)=O)cc1)N1CCC(c2cnn(C)c2)C1. The lowest BCUT2D eigenvalue weighted by atomic mass is 10.0. The van der Waals surface area contributed by atoms with E-state index in [0.29, 0.717) is 5.92 Å². The number of hydrogen-bond acceptors (Lipinski definition) is 3. The maximum absolute atomic E-state index is 11.1. The van der Waals surface area contributed by atoms with Gasteiger partial charge in [0.25, 0.3) is 0 Å². The summed E-state index contributed by atoms with van der Waals surface area (Å²) in [6.45, 7) is 7.20. The number of aliphatic imine (C=N–C) groups is 1. The van der Waals surface area contributed by atoms with E-state index >= 15 is 0 Å². The zero-order valence-electron chi connectivity index (χ0n) is 17.0. The second kappa shape index (κ2) is 9.39. The Hall–Kier alpha value is -2.83. The van der Waals surface area contributed by atoms with E-state index in [9.17, 15) is 4.79 Å². The van der Waals surface area contributed by atoms with Crippen molar-refractivity contribution in [1.82, 2.24) is 20.0 Å². The number of carbonyl (C=O) groups excluding carboxylic acids is 1. The number of hydrogen-bond donors (Lipinski definition) is 2. The largest absolute Gasteiger partial charge is 0.357 e. The molecule has 1 amide bonds. The summed E-state index contributed by atoms with van der Waals surface area (Å²) in [5.74, 6) is 1.45. The number of rotatable bonds is 6. The molecule has 2 N–H and O–H groups in total. The van der Waals surface area contributed by atoms with E-state index in [1.165, 1.54) is 18.1 Å². The lowest BCUT2D eigenvalue weighted by Gasteiger charge is -2.21. The molecule has 1 unspecified atom stereocenters. The molecule has 1 saturated heterocycles. The van der Waals surface area contributed by atoms with Crippen molar-refractivity contribution < 1.29 is 4.79 Å². The molecule has 3 rings (SSSR count). The Labute approximate surface area is 166 Å². The van der Waals surface area contributed by atoms with E-state index in [1.54, 1.807) is 0 Å². The standard InChI is InChI=1S/C21H30N6O/c1-4-22-21(27-12-10-18(15-27)19-13-24-26(3)14-19)23-11-9-17-5-7-20(8-6-17)25-16(2)28/h5-8,13-14,18H,4,9-12,15H2,1-3H3,(H,22,23)(H,25,28). The summed E-state index contributed by atoms with van der Waals surface area (Å²) in [5.41, 5.74) is 3.34. The summed E-state index contributed by atoms with van der Waals surface area (Å²) in [4.78, 5) is 18.3. The maximum atomic E-state index is 11.1. The second-order valence-corrected chi connectivity index (χ2v) is 7.24. The van der Waals surface area contributed by atoms with Crippen LogP contribution >= 0.6 is 0 Å². The van der Waals surface area contributed by atoms with E-state index in [4.69, 9.17) is 4.99 Å². The van der Waals surface area contributed by atoms with Crippen LogP contribution in [-0.2, 0) is 18.3 Å². The van der Waals surface area contributed by atoms with Crippen LogP contribution in [-0.4, -0.2) is 52.7 Å². The van der Waals surface area contributed by atoms with Gasteiger partial charge in [-0.15, -0.1) is 0 Å². The highest BCUT2D eigenvalue weighted by molar-refractivity contribution is 5.88. The number of aryl methyl sites for hydroxylation is 1. The summed E-state index contributed by atoms with van der Waals surface area (Å²) >= 11 is 0. The van der Waals surface area contributed by atoms with E-state index in [1.807, 2.05) is 42.2 Å². The van der Waals surface area contributed by atoms with Gasteiger partial charge in [0.1, 0.15) is 0 Å². The Morgan fingerprint density at radius 2 is 2.11 bits per heavy atom. The average molecular weight is 383 g/mol. The fourth-order valence-electron chi connectivity index (χ4n) is 3.55. The number of likely N-dealkylation sites (tertiary alicyclic amines) is 1. The van der Waals surface area contributed by atoms with E-state index in [0.717, 1.165) is 50.7 Å². The zero-order valence-corrected chi connectivity index (χ0v) is 17.0. The van der Waals surface area contributed by atoms with Gasteiger partial charge in [-0.05, 0) is 43.0 Å². The van der Waals surface area contributed by atoms with Gasteiger partial charge in [0.05, 0.1) is 6.20 Å². The molecule has 0 spiro atoms. The van der Waals surface area contributed by atoms with Crippen molar-refractivity contribution in [2.75, 3.05) is 31.5 Å². The van der Waals surface area contributed by atoms with Crippen molar-refractivity contribution in [3.8, 4) is 0 Å². The van der Waals surface area contributed by atoms with E-state index in [-0.39, 0.29) is 5.91 Å². The van der Waals surface area contributed by atoms with Crippen LogP contribution < -0.4 is 10.6 Å². The Balaban J connectivity index is 1.56. The summed E-state index contributed by atoms with van der Waals surface area (Å²) in [5, 5.41) is 10.5. The highest BCUT2D eigenvalue weighted by atomic mass is 16.1. The number of anilines is 1. The lowest BCUT2D eigenvalue weighted by molar-refractivity contribution is -0.114. The molecule has 1 aromatic heterocycles. The van der Waals surface area contributed by atoms with Crippen LogP contribution in [0.5, 0.6) is 0 Å². The lowest BCUT2D eigenvalue weighted by Crippen LogP contribution is -2.40. The highest BCUT2D eigenvalue weighted by Crippen LogP contribution is 2.26. The molecule has 2 heterocycles. The molecular weight excluding hydrogens is 352 g/mol. The molecule has 150 valence electrons. The molecule has 28 heavy (non-hydrogen) atoms. The normalized spacial score (nSPS) is 17.0. The molecule has 1 aromatic carbocycles. The van der Waals surface area contributed by atoms with Crippen molar-refractivity contribution in [3.63, 3.8) is 0 Å². The Morgan fingerprint density at radius 1 is 1.32 bits per heavy atom. The predicted octanol–water partition coefficient (Wildman–Crippen LogP) is 2.38. The first-order chi connectivity index (χ1) is 13.5. The Morgan fingerprint density at radius 3 is 2.75 bits per heavy atom. The van der Waals surface area contributed by atoms with Crippen LogP contribution in [0.3, 0.4) is 0 Å². The van der Waals surface area contributed by atoms with Crippen molar-refractivity contribution in [1.29, 1.82) is 0 Å². The van der Waals surface area contributed by atoms with Crippen LogP contribution in [0, 0.1) is 0 Å². The summed E-state index contributed by atoms with van der Waals surface area (Å²) in [6, 6.07) is 7.96. The second-order valence-electron chi connectivity index (χ2n) is 7.24. The number of carbonyl (C=O) groups is 1. The average Bonchev–Trinajstić information content (AvgIpc) is 3.31. The van der Waals surface area contributed by atoms with Gasteiger partial charge in [-0.2, -0.15) is 5.10 Å². The fraction of sp³-hybridized carbons (Fsp3) is 0.476. The Kier molecular flexibility index (Phi) is 6.68. The highest BCUT2D eigenvalue weighted by Gasteiger charge is 2.26. The molecule has 0 radical (unpaired) electrons. The quantitative estimate of drug-likeness (QED) is 0.594. The van der Waals surface area contributed by atoms with Gasteiger partial charge in [-0.25, -0.2) is 0 Å². The van der Waals surface area contributed by atoms with Gasteiger partial charge in [-0.1, -0.05) is 12.1 Å². The topological polar surface area (TPSA) is 74.6 Å². The molecule has 7 heteroatoms. The molecule has 0 saturated carbocycles. The molecule has 1 aliphatic rings. The number of amides is 1. The first-order valence-electron chi connectivity index (χ1n) is 9.93.